The fourth-order valence-corrected chi connectivity index (χ4v) is 1.17. The van der Waals surface area contributed by atoms with Gasteiger partial charge < -0.3 is 5.11 Å². The minimum atomic E-state index is 0.131. The van der Waals surface area contributed by atoms with Gasteiger partial charge in [0.15, 0.2) is 0 Å². The Hall–Kier alpha value is -0.950. The number of rotatable bonds is 1. The molecule has 0 fully saturated rings. The molecular weight excluding hydrogens is 172 g/mol. The Labute approximate surface area is 76.6 Å². The van der Waals surface area contributed by atoms with E-state index in [2.05, 4.69) is 6.58 Å². The molecule has 0 unspecified atom stereocenters. The number of hydrogen-bond acceptors (Lipinski definition) is 1. The van der Waals surface area contributed by atoms with Crippen molar-refractivity contribution in [1.29, 1.82) is 0 Å². The van der Waals surface area contributed by atoms with Crippen LogP contribution in [0.2, 0.25) is 0 Å². The molecule has 0 bridgehead atoms. The Kier molecular flexibility index (Phi) is 2.77. The van der Waals surface area contributed by atoms with Gasteiger partial charge in [-0.1, -0.05) is 24.3 Å². The Morgan fingerprint density at radius 1 is 1.58 bits per heavy atom. The van der Waals surface area contributed by atoms with E-state index in [1.54, 1.807) is 0 Å². The fourth-order valence-electron chi connectivity index (χ4n) is 1.03. The lowest BCUT2D eigenvalue weighted by atomic mass is 10.1. The molecule has 0 amide bonds. The van der Waals surface area contributed by atoms with Crippen LogP contribution < -0.4 is 10.4 Å². The molecule has 12 heavy (non-hydrogen) atoms. The lowest BCUT2D eigenvalue weighted by molar-refractivity contribution is 0.500. The van der Waals surface area contributed by atoms with Crippen molar-refractivity contribution < 1.29 is 5.11 Å². The molecule has 0 radical (unpaired) electrons. The van der Waals surface area contributed by atoms with E-state index in [9.17, 15) is 5.11 Å². The molecule has 1 nitrogen and oxygen atoms in total. The predicted molar refractivity (Wildman–Crippen MR) is 52.7 cm³/mol. The van der Waals surface area contributed by atoms with Crippen LogP contribution in [-0.4, -0.2) is 11.0 Å². The number of aliphatic hydroxyl groups excluding tert-OH is 1. The van der Waals surface area contributed by atoms with E-state index >= 15 is 0 Å². The summed E-state index contributed by atoms with van der Waals surface area (Å²) in [5, 5.41) is 10.9. The molecule has 0 spiro atoms. The summed E-state index contributed by atoms with van der Waals surface area (Å²) in [6.07, 6.45) is 0. The van der Waals surface area contributed by atoms with Crippen LogP contribution in [0.5, 0.6) is 0 Å². The SMILES string of the molecule is C=c1ccc(C)c/c1=C(/O)CCl. The van der Waals surface area contributed by atoms with Crippen LogP contribution >= 0.6 is 11.6 Å². The highest BCUT2D eigenvalue weighted by molar-refractivity contribution is 6.21. The smallest absolute Gasteiger partial charge is 0.115 e. The molecule has 1 aromatic rings. The van der Waals surface area contributed by atoms with E-state index in [-0.39, 0.29) is 11.6 Å². The summed E-state index contributed by atoms with van der Waals surface area (Å²) in [5.74, 6) is 0.316. The number of aliphatic hydroxyl groups is 1. The lowest BCUT2D eigenvalue weighted by Gasteiger charge is -1.96. The summed E-state index contributed by atoms with van der Waals surface area (Å²) in [6, 6.07) is 5.70. The Morgan fingerprint density at radius 3 is 2.83 bits per heavy atom. The van der Waals surface area contributed by atoms with Crippen LogP contribution in [0.3, 0.4) is 0 Å². The maximum Gasteiger partial charge on any atom is 0.115 e. The average molecular weight is 183 g/mol. The minimum absolute atomic E-state index is 0.131. The molecule has 0 aliphatic rings. The molecule has 1 N–H and O–H groups in total. The first-order chi connectivity index (χ1) is 5.65. The highest BCUT2D eigenvalue weighted by Crippen LogP contribution is 1.91. The summed E-state index contributed by atoms with van der Waals surface area (Å²) < 4.78 is 0. The standard InChI is InChI=1S/C10H11ClO/c1-7-3-4-8(2)9(5-7)10(12)6-11/h3-5,12H,2,6H2,1H3/b10-9-. The van der Waals surface area contributed by atoms with E-state index in [1.165, 1.54) is 0 Å². The van der Waals surface area contributed by atoms with Crippen molar-refractivity contribution in [3.05, 3.63) is 34.2 Å². The molecule has 0 saturated heterocycles. The molecule has 0 aliphatic carbocycles. The van der Waals surface area contributed by atoms with Crippen molar-refractivity contribution in [1.82, 2.24) is 0 Å². The molecule has 1 rings (SSSR count). The summed E-state index contributed by atoms with van der Waals surface area (Å²) in [5.41, 5.74) is 1.09. The molecule has 2 heteroatoms. The minimum Gasteiger partial charge on any atom is -0.510 e. The van der Waals surface area contributed by atoms with Crippen LogP contribution in [0.4, 0.5) is 0 Å². The van der Waals surface area contributed by atoms with E-state index < -0.39 is 0 Å². The normalized spacial score (nSPS) is 12.8. The maximum absolute atomic E-state index is 9.38. The van der Waals surface area contributed by atoms with Crippen molar-refractivity contribution in [3.8, 4) is 0 Å². The molecule has 1 aromatic carbocycles. The van der Waals surface area contributed by atoms with Crippen molar-refractivity contribution in [2.24, 2.45) is 0 Å². The van der Waals surface area contributed by atoms with Gasteiger partial charge in [-0.25, -0.2) is 0 Å². The number of benzene rings is 1. The van der Waals surface area contributed by atoms with Crippen molar-refractivity contribution in [3.63, 3.8) is 0 Å². The van der Waals surface area contributed by atoms with Gasteiger partial charge in [-0.2, -0.15) is 0 Å². The third-order valence-electron chi connectivity index (χ3n) is 1.70. The van der Waals surface area contributed by atoms with Crippen LogP contribution in [-0.2, 0) is 0 Å². The van der Waals surface area contributed by atoms with E-state index in [0.717, 1.165) is 16.0 Å². The Balaban J connectivity index is 3.52. The van der Waals surface area contributed by atoms with Gasteiger partial charge in [0.1, 0.15) is 5.76 Å². The second-order valence-corrected chi connectivity index (χ2v) is 3.01. The highest BCUT2D eigenvalue weighted by Gasteiger charge is 1.93. The first-order valence-electron chi connectivity index (χ1n) is 3.69. The van der Waals surface area contributed by atoms with Gasteiger partial charge in [-0.15, -0.1) is 11.6 Å². The zero-order valence-electron chi connectivity index (χ0n) is 6.97. The first kappa shape index (κ1) is 9.14. The van der Waals surface area contributed by atoms with E-state index in [0.29, 0.717) is 0 Å². The average Bonchev–Trinajstić information content (AvgIpc) is 2.08. The molecule has 0 aliphatic heterocycles. The van der Waals surface area contributed by atoms with Crippen molar-refractivity contribution >= 4 is 23.9 Å². The van der Waals surface area contributed by atoms with Gasteiger partial charge in [-0.3, -0.25) is 0 Å². The predicted octanol–water partition coefficient (Wildman–Crippen LogP) is 1.31. The molecule has 0 saturated carbocycles. The molecule has 0 aromatic heterocycles. The third-order valence-corrected chi connectivity index (χ3v) is 1.96. The first-order valence-corrected chi connectivity index (χ1v) is 4.22. The van der Waals surface area contributed by atoms with E-state index in [4.69, 9.17) is 11.6 Å². The van der Waals surface area contributed by atoms with Crippen LogP contribution in [0.15, 0.2) is 18.2 Å². The van der Waals surface area contributed by atoms with Crippen LogP contribution in [0.1, 0.15) is 5.56 Å². The van der Waals surface area contributed by atoms with E-state index in [1.807, 2.05) is 25.1 Å². The van der Waals surface area contributed by atoms with Crippen molar-refractivity contribution in [2.75, 3.05) is 5.88 Å². The topological polar surface area (TPSA) is 20.2 Å². The molecular formula is C10H11ClO. The Bertz CT molecular complexity index is 381. The summed E-state index contributed by atoms with van der Waals surface area (Å²) >= 11 is 5.50. The quantitative estimate of drug-likeness (QED) is 0.650. The van der Waals surface area contributed by atoms with Crippen molar-refractivity contribution in [2.45, 2.75) is 6.92 Å². The van der Waals surface area contributed by atoms with Crippen LogP contribution in [0.25, 0.3) is 12.3 Å². The monoisotopic (exact) mass is 182 g/mol. The van der Waals surface area contributed by atoms with Gasteiger partial charge in [0.05, 0.1) is 5.88 Å². The van der Waals surface area contributed by atoms with Gasteiger partial charge in [-0.05, 0) is 18.2 Å². The second kappa shape index (κ2) is 3.63. The van der Waals surface area contributed by atoms with Gasteiger partial charge >= 0.3 is 0 Å². The largest absolute Gasteiger partial charge is 0.510 e. The van der Waals surface area contributed by atoms with Gasteiger partial charge in [0.25, 0.3) is 0 Å². The maximum atomic E-state index is 9.38. The lowest BCUT2D eigenvalue weighted by Crippen LogP contribution is -2.26. The summed E-state index contributed by atoms with van der Waals surface area (Å²) in [6.45, 7) is 5.75. The van der Waals surface area contributed by atoms with Crippen LogP contribution in [0, 0.1) is 6.92 Å². The number of alkyl halides is 1. The number of hydrogen-bond donors (Lipinski definition) is 1. The van der Waals surface area contributed by atoms with Gasteiger partial charge in [0.2, 0.25) is 0 Å². The highest BCUT2D eigenvalue weighted by atomic mass is 35.5. The second-order valence-electron chi connectivity index (χ2n) is 2.74. The fraction of sp³-hybridized carbons (Fsp3) is 0.200. The van der Waals surface area contributed by atoms with Gasteiger partial charge in [0, 0.05) is 5.22 Å². The molecule has 64 valence electrons. The zero-order valence-corrected chi connectivity index (χ0v) is 7.73. The zero-order chi connectivity index (χ0) is 9.14. The Morgan fingerprint density at radius 2 is 2.25 bits per heavy atom. The molecule has 0 atom stereocenters. The number of aryl methyl sites for hydroxylation is 1. The number of halogens is 1. The molecule has 0 heterocycles. The summed E-state index contributed by atoms with van der Waals surface area (Å²) in [4.78, 5) is 0. The summed E-state index contributed by atoms with van der Waals surface area (Å²) in [7, 11) is 0. The third kappa shape index (κ3) is 1.80.